The van der Waals surface area contributed by atoms with E-state index in [0.29, 0.717) is 5.56 Å². The third-order valence-electron chi connectivity index (χ3n) is 4.42. The molecule has 1 atom stereocenters. The van der Waals surface area contributed by atoms with Crippen LogP contribution in [0.3, 0.4) is 0 Å². The van der Waals surface area contributed by atoms with Gasteiger partial charge >= 0.3 is 0 Å². The van der Waals surface area contributed by atoms with Crippen molar-refractivity contribution < 1.29 is 29.1 Å². The van der Waals surface area contributed by atoms with Gasteiger partial charge in [0.1, 0.15) is 11.6 Å². The van der Waals surface area contributed by atoms with E-state index in [2.05, 4.69) is 0 Å². The van der Waals surface area contributed by atoms with Crippen LogP contribution < -0.4 is 0 Å². The maximum atomic E-state index is 13.3. The number of amides is 1. The first-order valence-electron chi connectivity index (χ1n) is 8.24. The van der Waals surface area contributed by atoms with Gasteiger partial charge in [-0.1, -0.05) is 12.1 Å². The number of β-amino-alcohol motifs (C(OH)–C–C–N with tert-alkyl or cyclic N) is 1. The Balaban J connectivity index is 2.14. The van der Waals surface area contributed by atoms with E-state index in [-0.39, 0.29) is 23.4 Å². The van der Waals surface area contributed by atoms with Crippen molar-refractivity contribution in [3.8, 4) is 0 Å². The van der Waals surface area contributed by atoms with Crippen LogP contribution in [0, 0.1) is 15.9 Å². The molecule has 3 rings (SSSR count). The summed E-state index contributed by atoms with van der Waals surface area (Å²) in [5.41, 5.74) is 0.0449. The van der Waals surface area contributed by atoms with Crippen LogP contribution in [0.5, 0.6) is 0 Å². The average molecular weight is 386 g/mol. The van der Waals surface area contributed by atoms with Gasteiger partial charge in [0.2, 0.25) is 0 Å². The summed E-state index contributed by atoms with van der Waals surface area (Å²) in [6.07, 6.45) is 0. The zero-order chi connectivity index (χ0) is 20.4. The van der Waals surface area contributed by atoms with Gasteiger partial charge in [0.25, 0.3) is 17.4 Å². The van der Waals surface area contributed by atoms with Crippen molar-refractivity contribution in [3.05, 3.63) is 81.2 Å². The van der Waals surface area contributed by atoms with Gasteiger partial charge in [-0.15, -0.1) is 0 Å². The fourth-order valence-corrected chi connectivity index (χ4v) is 3.11. The minimum absolute atomic E-state index is 0.111. The quantitative estimate of drug-likeness (QED) is 0.267. The van der Waals surface area contributed by atoms with E-state index in [4.69, 9.17) is 0 Å². The number of rotatable bonds is 5. The van der Waals surface area contributed by atoms with Crippen molar-refractivity contribution in [3.63, 3.8) is 0 Å². The van der Waals surface area contributed by atoms with Gasteiger partial charge in [-0.25, -0.2) is 4.39 Å². The molecule has 0 saturated carbocycles. The fourth-order valence-electron chi connectivity index (χ4n) is 3.11. The van der Waals surface area contributed by atoms with Crippen molar-refractivity contribution in [1.82, 2.24) is 4.90 Å². The zero-order valence-electron chi connectivity index (χ0n) is 14.4. The molecule has 9 heteroatoms. The van der Waals surface area contributed by atoms with Crippen molar-refractivity contribution in [1.29, 1.82) is 0 Å². The molecule has 0 radical (unpaired) electrons. The third-order valence-corrected chi connectivity index (χ3v) is 4.42. The first-order chi connectivity index (χ1) is 13.3. The van der Waals surface area contributed by atoms with E-state index in [1.54, 1.807) is 0 Å². The van der Waals surface area contributed by atoms with Crippen LogP contribution in [0.2, 0.25) is 0 Å². The highest BCUT2D eigenvalue weighted by atomic mass is 19.1. The summed E-state index contributed by atoms with van der Waals surface area (Å²) in [5.74, 6) is -2.90. The highest BCUT2D eigenvalue weighted by Gasteiger charge is 2.45. The number of halogens is 1. The molecule has 1 saturated heterocycles. The Kier molecular flexibility index (Phi) is 5.18. The number of aliphatic hydroxyl groups is 2. The van der Waals surface area contributed by atoms with Gasteiger partial charge in [0.15, 0.2) is 0 Å². The summed E-state index contributed by atoms with van der Waals surface area (Å²) in [7, 11) is 0. The predicted octanol–water partition coefficient (Wildman–Crippen LogP) is 2.15. The minimum Gasteiger partial charge on any atom is -0.507 e. The second kappa shape index (κ2) is 7.57. The van der Waals surface area contributed by atoms with Crippen LogP contribution in [0.15, 0.2) is 54.1 Å². The van der Waals surface area contributed by atoms with E-state index in [0.717, 1.165) is 29.2 Å². The predicted molar refractivity (Wildman–Crippen MR) is 95.6 cm³/mol. The fraction of sp³-hybridized carbons (Fsp3) is 0.158. The van der Waals surface area contributed by atoms with Gasteiger partial charge in [0.05, 0.1) is 23.1 Å². The Morgan fingerprint density at radius 3 is 2.25 bits per heavy atom. The molecular formula is C19H15FN2O6. The molecule has 0 aromatic heterocycles. The molecule has 1 fully saturated rings. The lowest BCUT2D eigenvalue weighted by Gasteiger charge is -2.24. The number of non-ortho nitro benzene ring substituents is 1. The van der Waals surface area contributed by atoms with Gasteiger partial charge < -0.3 is 15.1 Å². The lowest BCUT2D eigenvalue weighted by Crippen LogP contribution is -2.32. The van der Waals surface area contributed by atoms with Crippen LogP contribution in [-0.4, -0.2) is 44.9 Å². The molecule has 2 N–H and O–H groups in total. The molecule has 8 nitrogen and oxygen atoms in total. The maximum Gasteiger partial charge on any atom is 0.295 e. The largest absolute Gasteiger partial charge is 0.507 e. The molecular weight excluding hydrogens is 371 g/mol. The number of benzene rings is 2. The van der Waals surface area contributed by atoms with Gasteiger partial charge in [-0.2, -0.15) is 0 Å². The van der Waals surface area contributed by atoms with E-state index >= 15 is 0 Å². The van der Waals surface area contributed by atoms with Gasteiger partial charge in [-0.3, -0.25) is 19.7 Å². The molecule has 2 aromatic rings. The van der Waals surface area contributed by atoms with Crippen LogP contribution in [0.1, 0.15) is 17.2 Å². The monoisotopic (exact) mass is 386 g/mol. The molecule has 28 heavy (non-hydrogen) atoms. The molecule has 1 amide bonds. The van der Waals surface area contributed by atoms with Gasteiger partial charge in [0, 0.05) is 24.2 Å². The summed E-state index contributed by atoms with van der Waals surface area (Å²) in [6, 6.07) is 8.86. The van der Waals surface area contributed by atoms with Gasteiger partial charge in [-0.05, 0) is 29.8 Å². The molecule has 0 aliphatic carbocycles. The zero-order valence-corrected chi connectivity index (χ0v) is 14.4. The van der Waals surface area contributed by atoms with Crippen molar-refractivity contribution in [2.45, 2.75) is 6.04 Å². The molecule has 144 valence electrons. The number of ketones is 1. The lowest BCUT2D eigenvalue weighted by atomic mass is 9.95. The number of likely N-dealkylation sites (tertiary alicyclic amines) is 1. The summed E-state index contributed by atoms with van der Waals surface area (Å²) >= 11 is 0. The number of carbonyl (C=O) groups excluding carboxylic acids is 2. The van der Waals surface area contributed by atoms with Crippen molar-refractivity contribution >= 4 is 23.1 Å². The molecule has 1 aliphatic heterocycles. The summed E-state index contributed by atoms with van der Waals surface area (Å²) < 4.78 is 13.3. The van der Waals surface area contributed by atoms with Crippen molar-refractivity contribution in [2.75, 3.05) is 13.2 Å². The first kappa shape index (κ1) is 19.2. The van der Waals surface area contributed by atoms with E-state index in [9.17, 15) is 34.3 Å². The first-order valence-corrected chi connectivity index (χ1v) is 8.24. The average Bonchev–Trinajstić information content (AvgIpc) is 2.93. The molecule has 1 heterocycles. The van der Waals surface area contributed by atoms with E-state index in [1.807, 2.05) is 0 Å². The van der Waals surface area contributed by atoms with Crippen LogP contribution >= 0.6 is 0 Å². The highest BCUT2D eigenvalue weighted by Crippen LogP contribution is 2.39. The topological polar surface area (TPSA) is 121 Å². The Hall–Kier alpha value is -3.59. The molecule has 0 unspecified atom stereocenters. The molecule has 2 aromatic carbocycles. The maximum absolute atomic E-state index is 13.3. The van der Waals surface area contributed by atoms with Crippen LogP contribution in [0.25, 0.3) is 5.76 Å². The molecule has 1 aliphatic rings. The minimum atomic E-state index is -1.03. The van der Waals surface area contributed by atoms with Crippen LogP contribution in [0.4, 0.5) is 10.1 Å². The standard InChI is InChI=1S/C19H15FN2O6/c20-13-5-1-11(2-6-13)16-15(18(25)19(26)21(16)9-10-23)17(24)12-3-7-14(8-4-12)22(27)28/h1-8,16,23-24H,9-10H2/b17-15+/t16-/m0/s1. The van der Waals surface area contributed by atoms with Crippen molar-refractivity contribution in [2.24, 2.45) is 0 Å². The number of aliphatic hydroxyl groups excluding tert-OH is 2. The smallest absolute Gasteiger partial charge is 0.295 e. The second-order valence-corrected chi connectivity index (χ2v) is 6.07. The highest BCUT2D eigenvalue weighted by molar-refractivity contribution is 6.46. The Bertz CT molecular complexity index is 969. The van der Waals surface area contributed by atoms with E-state index < -0.39 is 40.8 Å². The molecule has 0 spiro atoms. The SMILES string of the molecule is O=C1C(=O)N(CCO)[C@@H](c2ccc(F)cc2)/C1=C(\O)c1ccc([N+](=O)[O-])cc1. The Labute approximate surface area is 158 Å². The number of Topliss-reactive ketones (excluding diaryl/α,β-unsaturated/α-hetero) is 1. The summed E-state index contributed by atoms with van der Waals surface area (Å²) in [4.78, 5) is 36.2. The number of hydrogen-bond donors (Lipinski definition) is 2. The lowest BCUT2D eigenvalue weighted by molar-refractivity contribution is -0.384. The number of nitro groups is 1. The second-order valence-electron chi connectivity index (χ2n) is 6.07. The Morgan fingerprint density at radius 1 is 1.11 bits per heavy atom. The summed E-state index contributed by atoms with van der Waals surface area (Å²) in [5, 5.41) is 30.7. The van der Waals surface area contributed by atoms with Crippen LogP contribution in [-0.2, 0) is 9.59 Å². The number of nitrogens with zero attached hydrogens (tertiary/aromatic N) is 2. The number of nitro benzene ring substituents is 1. The summed E-state index contributed by atoms with van der Waals surface area (Å²) in [6.45, 7) is -0.577. The normalized spacial score (nSPS) is 18.5. The Morgan fingerprint density at radius 2 is 1.71 bits per heavy atom. The molecule has 0 bridgehead atoms. The number of hydrogen-bond acceptors (Lipinski definition) is 6. The number of carbonyl (C=O) groups is 2. The third kappa shape index (κ3) is 3.35. The van der Waals surface area contributed by atoms with E-state index in [1.165, 1.54) is 24.3 Å².